The zero-order valence-electron chi connectivity index (χ0n) is 11.5. The first kappa shape index (κ1) is 16.2. The lowest BCUT2D eigenvalue weighted by molar-refractivity contribution is -0.130. The third-order valence-electron chi connectivity index (χ3n) is 3.91. The molecular weight excluding hydrogens is 310 g/mol. The lowest BCUT2D eigenvalue weighted by Gasteiger charge is -2.34. The summed E-state index contributed by atoms with van der Waals surface area (Å²) in [5, 5.41) is 2.98. The third-order valence-corrected chi connectivity index (χ3v) is 4.72. The summed E-state index contributed by atoms with van der Waals surface area (Å²) in [6.45, 7) is 1.53. The van der Waals surface area contributed by atoms with Crippen LogP contribution in [0.1, 0.15) is 12.8 Å². The molecule has 1 amide bonds. The maximum atomic E-state index is 12.5. The number of hydrogen-bond acceptors (Lipinski definition) is 5. The highest BCUT2D eigenvalue weighted by atomic mass is 35.5. The zero-order chi connectivity index (χ0) is 14.0. The largest absolute Gasteiger partial charge is 0.381 e. The molecule has 21 heavy (non-hydrogen) atoms. The molecule has 114 valence electrons. The highest BCUT2D eigenvalue weighted by Gasteiger charge is 2.38. The summed E-state index contributed by atoms with van der Waals surface area (Å²) in [5.74, 6) is -0.0159. The SMILES string of the molecule is Cl.NCC1(C(=O)Nc2ccc3scnc3c2)CCOCC1. The van der Waals surface area contributed by atoms with Gasteiger partial charge in [-0.05, 0) is 31.0 Å². The molecule has 2 aromatic rings. The van der Waals surface area contributed by atoms with E-state index in [1.54, 1.807) is 16.8 Å². The predicted molar refractivity (Wildman–Crippen MR) is 87.0 cm³/mol. The molecule has 0 bridgehead atoms. The van der Waals surface area contributed by atoms with Gasteiger partial charge in [0.1, 0.15) is 0 Å². The molecule has 1 aromatic carbocycles. The molecule has 1 aliphatic heterocycles. The third kappa shape index (κ3) is 3.18. The summed E-state index contributed by atoms with van der Waals surface area (Å²) in [7, 11) is 0. The summed E-state index contributed by atoms with van der Waals surface area (Å²) in [6.07, 6.45) is 1.35. The second kappa shape index (κ2) is 6.70. The van der Waals surface area contributed by atoms with Gasteiger partial charge in [-0.1, -0.05) is 0 Å². The lowest BCUT2D eigenvalue weighted by Crippen LogP contribution is -2.46. The van der Waals surface area contributed by atoms with Crippen LogP contribution in [0.3, 0.4) is 0 Å². The van der Waals surface area contributed by atoms with Crippen molar-refractivity contribution in [1.29, 1.82) is 0 Å². The fraction of sp³-hybridized carbons (Fsp3) is 0.429. The monoisotopic (exact) mass is 327 g/mol. The number of carbonyl (C=O) groups is 1. The average Bonchev–Trinajstić information content (AvgIpc) is 2.95. The number of halogens is 1. The number of ether oxygens (including phenoxy) is 1. The maximum Gasteiger partial charge on any atom is 0.232 e. The number of nitrogens with one attached hydrogen (secondary N) is 1. The number of nitrogens with zero attached hydrogens (tertiary/aromatic N) is 1. The molecule has 0 aliphatic carbocycles. The number of fused-ring (bicyclic) bond motifs is 1. The highest BCUT2D eigenvalue weighted by Crippen LogP contribution is 2.31. The van der Waals surface area contributed by atoms with Crippen molar-refractivity contribution < 1.29 is 9.53 Å². The van der Waals surface area contributed by atoms with Gasteiger partial charge in [0.05, 0.1) is 21.1 Å². The normalized spacial score (nSPS) is 17.2. The molecule has 0 saturated carbocycles. The summed E-state index contributed by atoms with van der Waals surface area (Å²) in [5.41, 5.74) is 8.81. The smallest absolute Gasteiger partial charge is 0.232 e. The minimum Gasteiger partial charge on any atom is -0.381 e. The van der Waals surface area contributed by atoms with Crippen molar-refractivity contribution in [1.82, 2.24) is 4.98 Å². The number of carbonyl (C=O) groups excluding carboxylic acids is 1. The van der Waals surface area contributed by atoms with Gasteiger partial charge in [-0.25, -0.2) is 4.98 Å². The van der Waals surface area contributed by atoms with Gasteiger partial charge in [-0.2, -0.15) is 0 Å². The molecule has 0 atom stereocenters. The molecular formula is C14H18ClN3O2S. The Bertz CT molecular complexity index is 625. The van der Waals surface area contributed by atoms with Gasteiger partial charge in [0, 0.05) is 25.4 Å². The van der Waals surface area contributed by atoms with Crippen LogP contribution in [-0.4, -0.2) is 30.6 Å². The van der Waals surface area contributed by atoms with Gasteiger partial charge < -0.3 is 15.8 Å². The topological polar surface area (TPSA) is 77.2 Å². The molecule has 1 aromatic heterocycles. The van der Waals surface area contributed by atoms with Crippen molar-refractivity contribution in [2.45, 2.75) is 12.8 Å². The van der Waals surface area contributed by atoms with E-state index < -0.39 is 5.41 Å². The van der Waals surface area contributed by atoms with E-state index in [1.807, 2.05) is 18.2 Å². The number of hydrogen-bond donors (Lipinski definition) is 2. The Morgan fingerprint density at radius 2 is 2.19 bits per heavy atom. The zero-order valence-corrected chi connectivity index (χ0v) is 13.1. The fourth-order valence-corrected chi connectivity index (χ4v) is 3.14. The van der Waals surface area contributed by atoms with Gasteiger partial charge in [0.25, 0.3) is 0 Å². The Morgan fingerprint density at radius 3 is 2.90 bits per heavy atom. The van der Waals surface area contributed by atoms with Crippen molar-refractivity contribution >= 4 is 45.6 Å². The van der Waals surface area contributed by atoms with E-state index >= 15 is 0 Å². The summed E-state index contributed by atoms with van der Waals surface area (Å²) in [4.78, 5) is 16.8. The van der Waals surface area contributed by atoms with Crippen molar-refractivity contribution in [2.24, 2.45) is 11.1 Å². The lowest BCUT2D eigenvalue weighted by atomic mass is 9.79. The van der Waals surface area contributed by atoms with Crippen LogP contribution >= 0.6 is 23.7 Å². The molecule has 5 nitrogen and oxygen atoms in total. The van der Waals surface area contributed by atoms with Crippen LogP contribution in [0.5, 0.6) is 0 Å². The number of anilines is 1. The first-order valence-corrected chi connectivity index (χ1v) is 7.54. The van der Waals surface area contributed by atoms with E-state index in [2.05, 4.69) is 10.3 Å². The Kier molecular flexibility index (Phi) is 5.16. The van der Waals surface area contributed by atoms with E-state index in [4.69, 9.17) is 10.5 Å². The number of rotatable bonds is 3. The van der Waals surface area contributed by atoms with Crippen molar-refractivity contribution in [3.8, 4) is 0 Å². The van der Waals surface area contributed by atoms with Crippen molar-refractivity contribution in [2.75, 3.05) is 25.1 Å². The van der Waals surface area contributed by atoms with Crippen molar-refractivity contribution in [3.63, 3.8) is 0 Å². The molecule has 1 fully saturated rings. The molecule has 0 spiro atoms. The van der Waals surface area contributed by atoms with Crippen LogP contribution in [0.4, 0.5) is 5.69 Å². The minimum atomic E-state index is -0.505. The Labute approximate surface area is 133 Å². The molecule has 1 aliphatic rings. The first-order valence-electron chi connectivity index (χ1n) is 6.66. The number of amides is 1. The van der Waals surface area contributed by atoms with E-state index in [-0.39, 0.29) is 18.3 Å². The van der Waals surface area contributed by atoms with Crippen molar-refractivity contribution in [3.05, 3.63) is 23.7 Å². The first-order chi connectivity index (χ1) is 9.73. The summed E-state index contributed by atoms with van der Waals surface area (Å²) in [6, 6.07) is 5.77. The molecule has 3 rings (SSSR count). The van der Waals surface area contributed by atoms with Gasteiger partial charge in [0.15, 0.2) is 0 Å². The fourth-order valence-electron chi connectivity index (χ4n) is 2.49. The van der Waals surface area contributed by atoms with Crippen LogP contribution in [0.25, 0.3) is 10.2 Å². The van der Waals surface area contributed by atoms with Crippen LogP contribution in [0.15, 0.2) is 23.7 Å². The van der Waals surface area contributed by atoms with Crippen LogP contribution < -0.4 is 11.1 Å². The summed E-state index contributed by atoms with van der Waals surface area (Å²) >= 11 is 1.59. The average molecular weight is 328 g/mol. The molecule has 3 N–H and O–H groups in total. The van der Waals surface area contributed by atoms with E-state index in [1.165, 1.54) is 0 Å². The Morgan fingerprint density at radius 1 is 1.43 bits per heavy atom. The quantitative estimate of drug-likeness (QED) is 0.907. The van der Waals surface area contributed by atoms with E-state index in [0.29, 0.717) is 32.6 Å². The number of benzene rings is 1. The van der Waals surface area contributed by atoms with Gasteiger partial charge >= 0.3 is 0 Å². The number of thiazole rings is 1. The number of nitrogens with two attached hydrogens (primary N) is 1. The van der Waals surface area contributed by atoms with Gasteiger partial charge in [-0.3, -0.25) is 4.79 Å². The molecule has 7 heteroatoms. The van der Waals surface area contributed by atoms with E-state index in [0.717, 1.165) is 15.9 Å². The van der Waals surface area contributed by atoms with Crippen LogP contribution in [0.2, 0.25) is 0 Å². The predicted octanol–water partition coefficient (Wildman–Crippen LogP) is 2.41. The standard InChI is InChI=1S/C14H17N3O2S.ClH/c15-8-14(3-5-19-6-4-14)13(18)17-10-1-2-12-11(7-10)16-9-20-12;/h1-2,7,9H,3-6,8,15H2,(H,17,18);1H. The Balaban J connectivity index is 0.00000161. The second-order valence-electron chi connectivity index (χ2n) is 5.09. The molecule has 0 radical (unpaired) electrons. The van der Waals surface area contributed by atoms with Crippen LogP contribution in [0, 0.1) is 5.41 Å². The van der Waals surface area contributed by atoms with Crippen LogP contribution in [-0.2, 0) is 9.53 Å². The Hall–Kier alpha value is -1.21. The summed E-state index contributed by atoms with van der Waals surface area (Å²) < 4.78 is 6.44. The molecule has 1 saturated heterocycles. The van der Waals surface area contributed by atoms with Gasteiger partial charge in [0.2, 0.25) is 5.91 Å². The van der Waals surface area contributed by atoms with E-state index in [9.17, 15) is 4.79 Å². The minimum absolute atomic E-state index is 0. The molecule has 0 unspecified atom stereocenters. The molecule has 2 heterocycles. The number of aromatic nitrogens is 1. The van der Waals surface area contributed by atoms with Gasteiger partial charge in [-0.15, -0.1) is 23.7 Å². The second-order valence-corrected chi connectivity index (χ2v) is 5.97. The highest BCUT2D eigenvalue weighted by molar-refractivity contribution is 7.16. The maximum absolute atomic E-state index is 12.5.